The molecule has 1 fully saturated rings. The fourth-order valence-electron chi connectivity index (χ4n) is 4.39. The Morgan fingerprint density at radius 3 is 2.62 bits per heavy atom. The van der Waals surface area contributed by atoms with Crippen molar-refractivity contribution >= 4 is 35.5 Å². The monoisotopic (exact) mass is 481 g/mol. The van der Waals surface area contributed by atoms with Gasteiger partial charge in [-0.2, -0.15) is 16.9 Å². The Balaban J connectivity index is 1.43. The number of carboxylic acid groups (broad SMARTS) is 1. The van der Waals surface area contributed by atoms with Crippen molar-refractivity contribution in [3.05, 3.63) is 59.2 Å². The molecule has 2 atom stereocenters. The number of fused-ring (bicyclic) bond motifs is 1. The van der Waals surface area contributed by atoms with Gasteiger partial charge in [-0.1, -0.05) is 25.1 Å². The van der Waals surface area contributed by atoms with Crippen LogP contribution in [0.5, 0.6) is 5.75 Å². The highest BCUT2D eigenvalue weighted by Gasteiger charge is 2.31. The van der Waals surface area contributed by atoms with Crippen LogP contribution in [0.2, 0.25) is 0 Å². The lowest BCUT2D eigenvalue weighted by Crippen LogP contribution is -2.34. The quantitative estimate of drug-likeness (QED) is 0.599. The number of ether oxygens (including phenoxy) is 1. The number of thioether (sulfide) groups is 1. The van der Waals surface area contributed by atoms with Gasteiger partial charge in [0, 0.05) is 54.9 Å². The van der Waals surface area contributed by atoms with Gasteiger partial charge in [0.2, 0.25) is 0 Å². The Bertz CT molecular complexity index is 1050. The van der Waals surface area contributed by atoms with E-state index >= 15 is 0 Å². The van der Waals surface area contributed by atoms with Crippen molar-refractivity contribution in [3.8, 4) is 5.75 Å². The molecule has 7 nitrogen and oxygen atoms in total. The number of aliphatic carboxylic acids is 1. The van der Waals surface area contributed by atoms with E-state index < -0.39 is 5.97 Å². The summed E-state index contributed by atoms with van der Waals surface area (Å²) in [5.74, 6) is 1.98. The average molecular weight is 482 g/mol. The maximum absolute atomic E-state index is 13.1. The van der Waals surface area contributed by atoms with Crippen molar-refractivity contribution in [3.63, 3.8) is 0 Å². The molecule has 2 unspecified atom stereocenters. The minimum Gasteiger partial charge on any atom is -0.490 e. The number of rotatable bonds is 7. The van der Waals surface area contributed by atoms with Gasteiger partial charge in [0.25, 0.3) is 5.91 Å². The lowest BCUT2D eigenvalue weighted by molar-refractivity contribution is -0.139. The van der Waals surface area contributed by atoms with Crippen LogP contribution >= 0.6 is 11.8 Å². The van der Waals surface area contributed by atoms with Crippen molar-refractivity contribution < 1.29 is 19.4 Å². The molecular formula is C26H31N3O4S. The number of hydrogen-bond donors (Lipinski definition) is 1. The van der Waals surface area contributed by atoms with Gasteiger partial charge < -0.3 is 14.7 Å². The smallest absolute Gasteiger partial charge is 0.303 e. The van der Waals surface area contributed by atoms with E-state index in [0.29, 0.717) is 12.0 Å². The molecule has 0 spiro atoms. The second-order valence-electron chi connectivity index (χ2n) is 8.72. The highest BCUT2D eigenvalue weighted by atomic mass is 32.2. The minimum absolute atomic E-state index is 0.0453. The zero-order valence-electron chi connectivity index (χ0n) is 19.6. The molecule has 0 radical (unpaired) electrons. The minimum atomic E-state index is -0.805. The number of anilines is 1. The first-order chi connectivity index (χ1) is 16.4. The number of amides is 1. The van der Waals surface area contributed by atoms with Gasteiger partial charge in [-0.15, -0.1) is 0 Å². The number of carbonyl (C=O) groups excluding carboxylic acids is 1. The van der Waals surface area contributed by atoms with Gasteiger partial charge in [0.05, 0.1) is 12.6 Å². The standard InChI is InChI=1S/C26H31N3O4S/c1-3-23-21(15-25(30)31)14-20-8-9-22(16-24(20)33-23)28(2)26(32)19-6-4-18(5-7-19)17-27-29-10-12-34-13-11-29/h4-9,16-17,21,23H,3,10-15H2,1-2H3,(H,30,31). The molecule has 8 heteroatoms. The van der Waals surface area contributed by atoms with Crippen LogP contribution in [0.1, 0.15) is 41.3 Å². The van der Waals surface area contributed by atoms with Crippen LogP contribution in [-0.4, -0.2) is 66.0 Å². The summed E-state index contributed by atoms with van der Waals surface area (Å²) < 4.78 is 6.14. The van der Waals surface area contributed by atoms with E-state index in [2.05, 4.69) is 10.1 Å². The highest BCUT2D eigenvalue weighted by Crippen LogP contribution is 2.36. The van der Waals surface area contributed by atoms with Crippen LogP contribution in [0.4, 0.5) is 5.69 Å². The number of hydrazone groups is 1. The Morgan fingerprint density at radius 2 is 1.94 bits per heavy atom. The summed E-state index contributed by atoms with van der Waals surface area (Å²) in [6, 6.07) is 13.2. The molecule has 180 valence electrons. The molecule has 2 aliphatic rings. The van der Waals surface area contributed by atoms with Gasteiger partial charge in [0.1, 0.15) is 11.9 Å². The molecule has 1 amide bonds. The van der Waals surface area contributed by atoms with Crippen LogP contribution in [0.3, 0.4) is 0 Å². The Labute approximate surface area is 204 Å². The summed E-state index contributed by atoms with van der Waals surface area (Å²) in [4.78, 5) is 25.9. The summed E-state index contributed by atoms with van der Waals surface area (Å²) in [6.07, 6.45) is 3.20. The summed E-state index contributed by atoms with van der Waals surface area (Å²) in [7, 11) is 1.75. The highest BCUT2D eigenvalue weighted by molar-refractivity contribution is 7.99. The maximum atomic E-state index is 13.1. The fraction of sp³-hybridized carbons (Fsp3) is 0.423. The molecule has 1 saturated heterocycles. The van der Waals surface area contributed by atoms with E-state index in [0.717, 1.165) is 53.6 Å². The van der Waals surface area contributed by atoms with Gasteiger partial charge in [-0.3, -0.25) is 14.6 Å². The SMILES string of the molecule is CCC1Oc2cc(N(C)C(=O)c3ccc(C=NN4CCSCC4)cc3)ccc2CC1CC(=O)O. The first-order valence-corrected chi connectivity index (χ1v) is 12.9. The van der Waals surface area contributed by atoms with E-state index in [-0.39, 0.29) is 24.3 Å². The molecule has 2 aromatic rings. The third kappa shape index (κ3) is 5.73. The number of benzene rings is 2. The van der Waals surface area contributed by atoms with E-state index in [1.54, 1.807) is 11.9 Å². The molecule has 0 bridgehead atoms. The number of carboxylic acids is 1. The predicted octanol–water partition coefficient (Wildman–Crippen LogP) is 4.15. The van der Waals surface area contributed by atoms with Crippen molar-refractivity contribution in [1.82, 2.24) is 5.01 Å². The van der Waals surface area contributed by atoms with Crippen molar-refractivity contribution in [2.45, 2.75) is 32.3 Å². The predicted molar refractivity (Wildman–Crippen MR) is 136 cm³/mol. The van der Waals surface area contributed by atoms with E-state index in [1.165, 1.54) is 0 Å². The second kappa shape index (κ2) is 11.0. The molecular weight excluding hydrogens is 450 g/mol. The van der Waals surface area contributed by atoms with Gasteiger partial charge in [-0.05, 0) is 42.2 Å². The Hall–Kier alpha value is -3.00. The van der Waals surface area contributed by atoms with Crippen molar-refractivity contribution in [2.24, 2.45) is 11.0 Å². The van der Waals surface area contributed by atoms with Crippen LogP contribution in [0, 0.1) is 5.92 Å². The molecule has 4 rings (SSSR count). The first kappa shape index (κ1) is 24.1. The first-order valence-electron chi connectivity index (χ1n) is 11.7. The molecule has 34 heavy (non-hydrogen) atoms. The van der Waals surface area contributed by atoms with Crippen molar-refractivity contribution in [1.29, 1.82) is 0 Å². The number of carbonyl (C=O) groups is 2. The zero-order valence-corrected chi connectivity index (χ0v) is 20.5. The topological polar surface area (TPSA) is 82.4 Å². The summed E-state index contributed by atoms with van der Waals surface area (Å²) in [5, 5.41) is 15.8. The summed E-state index contributed by atoms with van der Waals surface area (Å²) in [5.41, 5.74) is 3.28. The number of nitrogens with zero attached hydrogens (tertiary/aromatic N) is 3. The lowest BCUT2D eigenvalue weighted by atomic mass is 9.87. The average Bonchev–Trinajstić information content (AvgIpc) is 2.86. The third-order valence-electron chi connectivity index (χ3n) is 6.38. The largest absolute Gasteiger partial charge is 0.490 e. The molecule has 0 saturated carbocycles. The van der Waals surface area contributed by atoms with Gasteiger partial charge >= 0.3 is 5.97 Å². The Morgan fingerprint density at radius 1 is 1.21 bits per heavy atom. The Kier molecular flexibility index (Phi) is 7.77. The van der Waals surface area contributed by atoms with Crippen LogP contribution in [0.15, 0.2) is 47.6 Å². The summed E-state index contributed by atoms with van der Waals surface area (Å²) in [6.45, 7) is 3.93. The van der Waals surface area contributed by atoms with Gasteiger partial charge in [0.15, 0.2) is 0 Å². The molecule has 2 aromatic carbocycles. The third-order valence-corrected chi connectivity index (χ3v) is 7.33. The molecule has 2 aliphatic heterocycles. The van der Waals surface area contributed by atoms with Crippen molar-refractivity contribution in [2.75, 3.05) is 36.5 Å². The molecule has 2 heterocycles. The van der Waals surface area contributed by atoms with E-state index in [9.17, 15) is 14.7 Å². The zero-order chi connectivity index (χ0) is 24.1. The summed E-state index contributed by atoms with van der Waals surface area (Å²) >= 11 is 1.95. The maximum Gasteiger partial charge on any atom is 0.303 e. The number of hydrogen-bond acceptors (Lipinski definition) is 6. The molecule has 0 aliphatic carbocycles. The fourth-order valence-corrected chi connectivity index (χ4v) is 5.27. The molecule has 0 aromatic heterocycles. The lowest BCUT2D eigenvalue weighted by Gasteiger charge is -2.33. The van der Waals surface area contributed by atoms with Crippen LogP contribution in [0.25, 0.3) is 0 Å². The van der Waals surface area contributed by atoms with Gasteiger partial charge in [-0.25, -0.2) is 0 Å². The van der Waals surface area contributed by atoms with E-state index in [4.69, 9.17) is 4.74 Å². The van der Waals surface area contributed by atoms with Crippen LogP contribution < -0.4 is 9.64 Å². The second-order valence-corrected chi connectivity index (χ2v) is 9.94. The normalized spacial score (nSPS) is 20.0. The molecule has 1 N–H and O–H groups in total. The van der Waals surface area contributed by atoms with Crippen LogP contribution in [-0.2, 0) is 11.2 Å². The van der Waals surface area contributed by atoms with E-state index in [1.807, 2.05) is 67.4 Å².